The maximum Gasteiger partial charge on any atom is 0.304 e. The molecule has 1 atom stereocenters. The molecule has 112 valence electrons. The number of aliphatic carboxylic acids is 1. The molecular weight excluding hydrogens is 286 g/mol. The van der Waals surface area contributed by atoms with Gasteiger partial charge in [0.05, 0.1) is 12.1 Å². The van der Waals surface area contributed by atoms with Gasteiger partial charge in [-0.1, -0.05) is 6.07 Å². The summed E-state index contributed by atoms with van der Waals surface area (Å²) in [5.41, 5.74) is 3.14. The molecule has 2 aromatic heterocycles. The molecule has 1 aliphatic heterocycles. The second-order valence-electron chi connectivity index (χ2n) is 5.50. The summed E-state index contributed by atoms with van der Waals surface area (Å²) >= 11 is 1.84. The van der Waals surface area contributed by atoms with Crippen molar-refractivity contribution in [1.29, 1.82) is 0 Å². The number of hydrogen-bond acceptors (Lipinski definition) is 4. The van der Waals surface area contributed by atoms with Crippen LogP contribution in [-0.2, 0) is 11.3 Å². The van der Waals surface area contributed by atoms with Crippen LogP contribution in [-0.4, -0.2) is 49.5 Å². The Hall–Kier alpha value is -1.53. The zero-order chi connectivity index (χ0) is 14.8. The number of aromatic nitrogens is 2. The zero-order valence-electron chi connectivity index (χ0n) is 12.0. The maximum absolute atomic E-state index is 11.0. The fourth-order valence-electron chi connectivity index (χ4n) is 2.73. The van der Waals surface area contributed by atoms with Gasteiger partial charge < -0.3 is 9.51 Å². The molecule has 0 spiro atoms. The second-order valence-corrected chi connectivity index (χ2v) is 6.65. The van der Waals surface area contributed by atoms with E-state index in [1.807, 2.05) is 28.4 Å². The van der Waals surface area contributed by atoms with Crippen molar-refractivity contribution in [3.8, 4) is 0 Å². The number of nitrogens with zero attached hydrogens (tertiary/aromatic N) is 3. The Balaban J connectivity index is 1.77. The summed E-state index contributed by atoms with van der Waals surface area (Å²) < 4.78 is 2.04. The minimum atomic E-state index is -0.724. The van der Waals surface area contributed by atoms with Gasteiger partial charge in [-0.15, -0.1) is 0 Å². The number of rotatable bonds is 4. The molecule has 0 saturated carbocycles. The molecule has 1 saturated heterocycles. The average Bonchev–Trinajstić information content (AvgIpc) is 2.82. The third kappa shape index (κ3) is 3.39. The van der Waals surface area contributed by atoms with Gasteiger partial charge in [0.1, 0.15) is 5.65 Å². The van der Waals surface area contributed by atoms with Gasteiger partial charge >= 0.3 is 5.97 Å². The highest BCUT2D eigenvalue weighted by molar-refractivity contribution is 7.99. The highest BCUT2D eigenvalue weighted by Gasteiger charge is 2.25. The lowest BCUT2D eigenvalue weighted by Crippen LogP contribution is -2.43. The van der Waals surface area contributed by atoms with E-state index in [-0.39, 0.29) is 12.5 Å². The average molecular weight is 305 g/mol. The summed E-state index contributed by atoms with van der Waals surface area (Å²) in [4.78, 5) is 17.9. The molecule has 0 amide bonds. The topological polar surface area (TPSA) is 57.8 Å². The molecule has 1 unspecified atom stereocenters. The predicted molar refractivity (Wildman–Crippen MR) is 83.7 cm³/mol. The van der Waals surface area contributed by atoms with Crippen LogP contribution in [0, 0.1) is 6.92 Å². The van der Waals surface area contributed by atoms with E-state index < -0.39 is 5.97 Å². The quantitative estimate of drug-likeness (QED) is 0.936. The fourth-order valence-corrected chi connectivity index (χ4v) is 3.86. The van der Waals surface area contributed by atoms with Gasteiger partial charge in [0.15, 0.2) is 0 Å². The Bertz CT molecular complexity index is 655. The van der Waals surface area contributed by atoms with E-state index in [1.54, 1.807) is 0 Å². The summed E-state index contributed by atoms with van der Waals surface area (Å²) in [6.07, 6.45) is 4.31. The highest BCUT2D eigenvalue weighted by atomic mass is 32.2. The SMILES string of the molecule is Cc1ccc2nc(CN3CCSCC3CC(=O)O)cn2c1. The maximum atomic E-state index is 11.0. The van der Waals surface area contributed by atoms with Crippen LogP contribution in [0.4, 0.5) is 0 Å². The van der Waals surface area contributed by atoms with Crippen molar-refractivity contribution >= 4 is 23.4 Å². The van der Waals surface area contributed by atoms with Crippen molar-refractivity contribution in [3.05, 3.63) is 35.8 Å². The zero-order valence-corrected chi connectivity index (χ0v) is 12.8. The van der Waals surface area contributed by atoms with Gasteiger partial charge in [0, 0.05) is 43.0 Å². The number of imidazole rings is 1. The number of carboxylic acid groups (broad SMARTS) is 1. The van der Waals surface area contributed by atoms with Crippen molar-refractivity contribution in [3.63, 3.8) is 0 Å². The van der Waals surface area contributed by atoms with Gasteiger partial charge in [-0.05, 0) is 18.6 Å². The lowest BCUT2D eigenvalue weighted by molar-refractivity contribution is -0.138. The van der Waals surface area contributed by atoms with Crippen molar-refractivity contribution in [1.82, 2.24) is 14.3 Å². The smallest absolute Gasteiger partial charge is 0.304 e. The first-order chi connectivity index (χ1) is 10.1. The number of fused-ring (bicyclic) bond motifs is 1. The van der Waals surface area contributed by atoms with E-state index in [9.17, 15) is 4.79 Å². The molecule has 6 heteroatoms. The van der Waals surface area contributed by atoms with Crippen LogP contribution in [0.2, 0.25) is 0 Å². The summed E-state index contributed by atoms with van der Waals surface area (Å²) in [5.74, 6) is 1.22. The molecule has 1 fully saturated rings. The summed E-state index contributed by atoms with van der Waals surface area (Å²) in [7, 11) is 0. The van der Waals surface area contributed by atoms with E-state index >= 15 is 0 Å². The largest absolute Gasteiger partial charge is 0.481 e. The first-order valence-electron chi connectivity index (χ1n) is 7.09. The van der Waals surface area contributed by atoms with Crippen molar-refractivity contribution in [2.75, 3.05) is 18.1 Å². The molecule has 21 heavy (non-hydrogen) atoms. The first-order valence-corrected chi connectivity index (χ1v) is 8.25. The van der Waals surface area contributed by atoms with Crippen LogP contribution in [0.5, 0.6) is 0 Å². The van der Waals surface area contributed by atoms with Crippen LogP contribution in [0.1, 0.15) is 17.7 Å². The van der Waals surface area contributed by atoms with Gasteiger partial charge in [0.2, 0.25) is 0 Å². The molecular formula is C15H19N3O2S. The molecule has 1 aliphatic rings. The Morgan fingerprint density at radius 3 is 3.14 bits per heavy atom. The molecule has 0 aliphatic carbocycles. The fraction of sp³-hybridized carbons (Fsp3) is 0.467. The first kappa shape index (κ1) is 14.4. The highest BCUT2D eigenvalue weighted by Crippen LogP contribution is 2.21. The number of hydrogen-bond donors (Lipinski definition) is 1. The molecule has 3 heterocycles. The molecule has 1 N–H and O–H groups in total. The predicted octanol–water partition coefficient (Wildman–Crippen LogP) is 2.03. The van der Waals surface area contributed by atoms with Crippen LogP contribution in [0.3, 0.4) is 0 Å². The van der Waals surface area contributed by atoms with Gasteiger partial charge in [-0.25, -0.2) is 4.98 Å². The van der Waals surface area contributed by atoms with Gasteiger partial charge in [-0.2, -0.15) is 11.8 Å². The Morgan fingerprint density at radius 2 is 2.33 bits per heavy atom. The van der Waals surface area contributed by atoms with Crippen LogP contribution in [0.15, 0.2) is 24.5 Å². The molecule has 0 aromatic carbocycles. The number of carbonyl (C=O) groups is 1. The van der Waals surface area contributed by atoms with Crippen LogP contribution >= 0.6 is 11.8 Å². The summed E-state index contributed by atoms with van der Waals surface area (Å²) in [5, 5.41) is 9.04. The van der Waals surface area contributed by atoms with Crippen molar-refractivity contribution < 1.29 is 9.90 Å². The van der Waals surface area contributed by atoms with E-state index in [2.05, 4.69) is 29.1 Å². The second kappa shape index (κ2) is 6.07. The van der Waals surface area contributed by atoms with Crippen molar-refractivity contribution in [2.45, 2.75) is 25.9 Å². The summed E-state index contributed by atoms with van der Waals surface area (Å²) in [6, 6.07) is 4.17. The minimum Gasteiger partial charge on any atom is -0.481 e. The third-order valence-corrected chi connectivity index (χ3v) is 4.87. The lowest BCUT2D eigenvalue weighted by Gasteiger charge is -2.33. The normalized spacial score (nSPS) is 20.0. The van der Waals surface area contributed by atoms with Crippen molar-refractivity contribution in [2.24, 2.45) is 0 Å². The van der Waals surface area contributed by atoms with Gasteiger partial charge in [0.25, 0.3) is 0 Å². The van der Waals surface area contributed by atoms with E-state index in [0.717, 1.165) is 35.9 Å². The summed E-state index contributed by atoms with van der Waals surface area (Å²) in [6.45, 7) is 3.71. The molecule has 0 radical (unpaired) electrons. The lowest BCUT2D eigenvalue weighted by atomic mass is 10.2. The number of aryl methyl sites for hydroxylation is 1. The molecule has 2 aromatic rings. The van der Waals surface area contributed by atoms with E-state index in [0.29, 0.717) is 0 Å². The number of carboxylic acids is 1. The monoisotopic (exact) mass is 305 g/mol. The Morgan fingerprint density at radius 1 is 1.48 bits per heavy atom. The van der Waals surface area contributed by atoms with Crippen LogP contribution in [0.25, 0.3) is 5.65 Å². The van der Waals surface area contributed by atoms with Gasteiger partial charge in [-0.3, -0.25) is 9.69 Å². The number of pyridine rings is 1. The third-order valence-electron chi connectivity index (χ3n) is 3.77. The van der Waals surface area contributed by atoms with E-state index in [1.165, 1.54) is 5.56 Å². The molecule has 0 bridgehead atoms. The Kier molecular flexibility index (Phi) is 4.17. The van der Waals surface area contributed by atoms with Crippen LogP contribution < -0.4 is 0 Å². The van der Waals surface area contributed by atoms with E-state index in [4.69, 9.17) is 5.11 Å². The minimum absolute atomic E-state index is 0.104. The number of thioether (sulfide) groups is 1. The molecule has 5 nitrogen and oxygen atoms in total. The Labute approximate surface area is 128 Å². The molecule has 3 rings (SSSR count). The standard InChI is InChI=1S/C15H19N3O2S/c1-11-2-3-14-16-12(9-18(14)7-11)8-17-4-5-21-10-13(17)6-15(19)20/h2-3,7,9,13H,4-6,8,10H2,1H3,(H,19,20).